The van der Waals surface area contributed by atoms with Crippen molar-refractivity contribution in [3.8, 4) is 0 Å². The molecule has 0 aliphatic rings. The number of aliphatic carboxylic acids is 2. The third-order valence-corrected chi connectivity index (χ3v) is 3.22. The Bertz CT molecular complexity index is 632. The molecule has 1 aromatic carbocycles. The standard InChI is InChI=1S/C15H20N2O8/c1-8(2)7-10(13(18)19)16-15(22)25-12(14(20)21)9-5-3-4-6-11(9)17(23)24/h3-6,8,10,12,17,23H,7H2,1-2H3,(H,16,22)(H,18,19)(H,20,21)/t10-,12?/m0/s1. The van der Waals surface area contributed by atoms with Gasteiger partial charge in [-0.2, -0.15) is 5.23 Å². The number of amides is 1. The van der Waals surface area contributed by atoms with Gasteiger partial charge in [-0.3, -0.25) is 0 Å². The van der Waals surface area contributed by atoms with Gasteiger partial charge in [-0.05, 0) is 18.4 Å². The number of rotatable bonds is 8. The fourth-order valence-corrected chi connectivity index (χ4v) is 2.14. The Morgan fingerprint density at radius 2 is 1.80 bits per heavy atom. The number of para-hydroxylation sites is 1. The van der Waals surface area contributed by atoms with Crippen molar-refractivity contribution < 1.29 is 39.8 Å². The molecule has 0 aromatic heterocycles. The van der Waals surface area contributed by atoms with Crippen molar-refractivity contribution in [3.63, 3.8) is 0 Å². The zero-order chi connectivity index (χ0) is 19.1. The number of nitrogens with one attached hydrogen (secondary N) is 2. The van der Waals surface area contributed by atoms with Crippen molar-refractivity contribution in [2.75, 3.05) is 0 Å². The largest absolute Gasteiger partial charge is 0.595 e. The van der Waals surface area contributed by atoms with Crippen LogP contribution >= 0.6 is 0 Å². The molecule has 5 N–H and O–H groups in total. The summed E-state index contributed by atoms with van der Waals surface area (Å²) in [6.07, 6.45) is -3.03. The van der Waals surface area contributed by atoms with Crippen LogP contribution in [0.25, 0.3) is 0 Å². The number of quaternary nitrogens is 1. The minimum Gasteiger partial charge on any atom is -0.595 e. The van der Waals surface area contributed by atoms with Gasteiger partial charge < -0.3 is 25.5 Å². The summed E-state index contributed by atoms with van der Waals surface area (Å²) in [5, 5.41) is 39.4. The van der Waals surface area contributed by atoms with Crippen molar-refractivity contribution in [2.24, 2.45) is 5.92 Å². The molecule has 1 amide bonds. The molecule has 138 valence electrons. The molecule has 0 spiro atoms. The van der Waals surface area contributed by atoms with E-state index in [9.17, 15) is 24.7 Å². The number of hydrogen-bond donors (Lipinski definition) is 5. The molecule has 0 bridgehead atoms. The summed E-state index contributed by atoms with van der Waals surface area (Å²) in [4.78, 5) is 34.4. The lowest BCUT2D eigenvalue weighted by Gasteiger charge is -2.21. The van der Waals surface area contributed by atoms with Gasteiger partial charge in [0.1, 0.15) is 6.04 Å². The van der Waals surface area contributed by atoms with E-state index in [0.29, 0.717) is 0 Å². The molecule has 0 saturated heterocycles. The smallest absolute Gasteiger partial charge is 0.409 e. The van der Waals surface area contributed by atoms with Gasteiger partial charge in [0.05, 0.1) is 5.56 Å². The highest BCUT2D eigenvalue weighted by Crippen LogP contribution is 2.23. The van der Waals surface area contributed by atoms with E-state index in [1.54, 1.807) is 13.8 Å². The highest BCUT2D eigenvalue weighted by molar-refractivity contribution is 5.83. The number of carboxylic acid groups (broad SMARTS) is 2. The predicted octanol–water partition coefficient (Wildman–Crippen LogP) is 0.441. The van der Waals surface area contributed by atoms with Crippen LogP contribution in [0.2, 0.25) is 0 Å². The van der Waals surface area contributed by atoms with Crippen LogP contribution in [-0.2, 0) is 14.3 Å². The minimum atomic E-state index is -1.89. The number of alkyl carbamates (subject to hydrolysis) is 1. The molecule has 10 heteroatoms. The Labute approximate surface area is 143 Å². The fraction of sp³-hybridized carbons (Fsp3) is 0.400. The zero-order valence-corrected chi connectivity index (χ0v) is 13.6. The fourth-order valence-electron chi connectivity index (χ4n) is 2.14. The van der Waals surface area contributed by atoms with Crippen molar-refractivity contribution in [3.05, 3.63) is 35.0 Å². The molecular weight excluding hydrogens is 336 g/mol. The molecule has 1 rings (SSSR count). The summed E-state index contributed by atoms with van der Waals surface area (Å²) in [6.45, 7) is 3.51. The molecule has 0 radical (unpaired) electrons. The third kappa shape index (κ3) is 6.03. The number of carbonyl (C=O) groups excluding carboxylic acids is 1. The van der Waals surface area contributed by atoms with Gasteiger partial charge in [-0.15, -0.1) is 0 Å². The van der Waals surface area contributed by atoms with E-state index in [1.165, 1.54) is 24.3 Å². The highest BCUT2D eigenvalue weighted by atomic mass is 16.8. The quantitative estimate of drug-likeness (QED) is 0.419. The van der Waals surface area contributed by atoms with Crippen molar-refractivity contribution in [1.29, 1.82) is 0 Å². The van der Waals surface area contributed by atoms with Crippen molar-refractivity contribution in [2.45, 2.75) is 32.4 Å². The molecule has 10 nitrogen and oxygen atoms in total. The predicted molar refractivity (Wildman–Crippen MR) is 83.1 cm³/mol. The Hall–Kier alpha value is -2.69. The summed E-state index contributed by atoms with van der Waals surface area (Å²) in [7, 11) is 0. The van der Waals surface area contributed by atoms with E-state index < -0.39 is 35.4 Å². The van der Waals surface area contributed by atoms with Crippen molar-refractivity contribution in [1.82, 2.24) is 5.32 Å². The summed E-state index contributed by atoms with van der Waals surface area (Å²) in [5.74, 6) is -2.91. The molecule has 25 heavy (non-hydrogen) atoms. The number of carboxylic acids is 2. The number of benzene rings is 1. The van der Waals surface area contributed by atoms with E-state index in [-0.39, 0.29) is 23.6 Å². The van der Waals surface area contributed by atoms with Crippen LogP contribution in [0.15, 0.2) is 24.3 Å². The van der Waals surface area contributed by atoms with E-state index in [4.69, 9.17) is 15.1 Å². The summed E-state index contributed by atoms with van der Waals surface area (Å²) in [5.41, 5.74) is -0.562. The second-order valence-corrected chi connectivity index (χ2v) is 5.68. The lowest BCUT2D eigenvalue weighted by molar-refractivity contribution is -0.991. The van der Waals surface area contributed by atoms with Crippen LogP contribution in [0, 0.1) is 11.1 Å². The van der Waals surface area contributed by atoms with Crippen LogP contribution in [-0.4, -0.2) is 39.5 Å². The van der Waals surface area contributed by atoms with Crippen LogP contribution in [0.4, 0.5) is 10.5 Å². The molecule has 0 aliphatic carbocycles. The molecule has 0 heterocycles. The Kier molecular flexibility index (Phi) is 7.30. The molecule has 2 unspecified atom stereocenters. The summed E-state index contributed by atoms with van der Waals surface area (Å²) >= 11 is 0. The van der Waals surface area contributed by atoms with Gasteiger partial charge in [0.15, 0.2) is 5.69 Å². The van der Waals surface area contributed by atoms with Gasteiger partial charge >= 0.3 is 18.0 Å². The highest BCUT2D eigenvalue weighted by Gasteiger charge is 2.31. The maximum atomic E-state index is 11.9. The second-order valence-electron chi connectivity index (χ2n) is 5.68. The Morgan fingerprint density at radius 3 is 2.28 bits per heavy atom. The van der Waals surface area contributed by atoms with Crippen LogP contribution in [0.5, 0.6) is 0 Å². The lowest BCUT2D eigenvalue weighted by atomic mass is 10.0. The zero-order valence-electron chi connectivity index (χ0n) is 13.6. The van der Waals surface area contributed by atoms with Gasteiger partial charge in [-0.25, -0.2) is 19.6 Å². The van der Waals surface area contributed by atoms with E-state index >= 15 is 0 Å². The lowest BCUT2D eigenvalue weighted by Crippen LogP contribution is -2.99. The first-order chi connectivity index (χ1) is 11.6. The van der Waals surface area contributed by atoms with Crippen LogP contribution in [0.1, 0.15) is 31.9 Å². The monoisotopic (exact) mass is 356 g/mol. The number of ether oxygens (including phenoxy) is 1. The van der Waals surface area contributed by atoms with Gasteiger partial charge in [-0.1, -0.05) is 26.0 Å². The molecule has 0 saturated carbocycles. The first-order valence-electron chi connectivity index (χ1n) is 7.38. The topological polar surface area (TPSA) is 161 Å². The molecular formula is C15H20N2O8. The Balaban J connectivity index is 2.97. The second kappa shape index (κ2) is 8.97. The molecule has 1 aromatic rings. The molecule has 3 atom stereocenters. The molecule has 0 fully saturated rings. The van der Waals surface area contributed by atoms with Crippen molar-refractivity contribution >= 4 is 23.7 Å². The van der Waals surface area contributed by atoms with E-state index in [0.717, 1.165) is 0 Å². The van der Waals surface area contributed by atoms with Gasteiger partial charge in [0.25, 0.3) is 0 Å². The van der Waals surface area contributed by atoms with E-state index in [1.807, 2.05) is 0 Å². The number of hydrogen-bond acceptors (Lipinski definition) is 6. The summed E-state index contributed by atoms with van der Waals surface area (Å²) < 4.78 is 4.77. The van der Waals surface area contributed by atoms with Crippen LogP contribution in [0.3, 0.4) is 0 Å². The maximum Gasteiger partial charge on any atom is 0.409 e. The summed E-state index contributed by atoms with van der Waals surface area (Å²) in [6, 6.07) is 3.93. The minimum absolute atomic E-state index is 0.0376. The van der Waals surface area contributed by atoms with Gasteiger partial charge in [0, 0.05) is 6.07 Å². The van der Waals surface area contributed by atoms with E-state index in [2.05, 4.69) is 5.32 Å². The first kappa shape index (κ1) is 20.4. The third-order valence-electron chi connectivity index (χ3n) is 3.22. The average molecular weight is 356 g/mol. The molecule has 0 aliphatic heterocycles. The Morgan fingerprint density at radius 1 is 1.20 bits per heavy atom. The SMILES string of the molecule is CC(C)C[C@H](NC(=O)OC(C(=O)O)c1ccccc1[NH+]([O-])O)C(=O)O. The average Bonchev–Trinajstić information content (AvgIpc) is 2.51. The first-order valence-corrected chi connectivity index (χ1v) is 7.38. The van der Waals surface area contributed by atoms with Gasteiger partial charge in [0.2, 0.25) is 6.10 Å². The number of carbonyl (C=O) groups is 3. The van der Waals surface area contributed by atoms with Crippen LogP contribution < -0.4 is 10.5 Å². The normalized spacial score (nSPS) is 14.4. The maximum absolute atomic E-state index is 11.9.